The zero-order chi connectivity index (χ0) is 26.5. The number of hydrogen-bond acceptors (Lipinski definition) is 4. The summed E-state index contributed by atoms with van der Waals surface area (Å²) in [5.74, 6) is -1.08. The fourth-order valence-electron chi connectivity index (χ4n) is 3.70. The molecule has 10 heteroatoms. The van der Waals surface area contributed by atoms with Gasteiger partial charge in [0.15, 0.2) is 5.75 Å². The molecule has 1 aliphatic heterocycles. The first kappa shape index (κ1) is 26.4. The van der Waals surface area contributed by atoms with E-state index in [1.807, 2.05) is 19.1 Å². The summed E-state index contributed by atoms with van der Waals surface area (Å²) in [7, 11) is 0. The van der Waals surface area contributed by atoms with E-state index >= 15 is 0 Å². The van der Waals surface area contributed by atoms with Gasteiger partial charge in [-0.15, -0.1) is 0 Å². The van der Waals surface area contributed by atoms with E-state index in [0.29, 0.717) is 21.5 Å². The van der Waals surface area contributed by atoms with Gasteiger partial charge in [-0.3, -0.25) is 9.59 Å². The summed E-state index contributed by atoms with van der Waals surface area (Å²) in [5, 5.41) is 5.52. The summed E-state index contributed by atoms with van der Waals surface area (Å²) < 4.78 is 19.4. The van der Waals surface area contributed by atoms with Gasteiger partial charge in [-0.05, 0) is 75.4 Å². The Hall–Kier alpha value is -3.69. The first-order valence-corrected chi connectivity index (χ1v) is 12.5. The van der Waals surface area contributed by atoms with Gasteiger partial charge >= 0.3 is 6.03 Å². The molecule has 1 fully saturated rings. The number of ether oxygens (including phenoxy) is 1. The first-order valence-electron chi connectivity index (χ1n) is 11.3. The fourth-order valence-corrected chi connectivity index (χ4v) is 4.69. The summed E-state index contributed by atoms with van der Waals surface area (Å²) in [5.41, 5.74) is 2.88. The standard InChI is InChI=1S/C27H22BrClFN3O4/c1-2-18-5-3-4-6-22(18)31-24(34)14-33-26(35)23(32-27(33)36)13-17-11-20(28)25(21(29)12-17)37-15-16-7-9-19(30)10-8-16/h3-13H,2,14-15H2,1H3,(H,31,34)(H,32,36)/b23-13+. The molecule has 0 atom stereocenters. The lowest BCUT2D eigenvalue weighted by atomic mass is 10.1. The van der Waals surface area contributed by atoms with Crippen molar-refractivity contribution in [2.45, 2.75) is 20.0 Å². The highest BCUT2D eigenvalue weighted by molar-refractivity contribution is 9.10. The van der Waals surface area contributed by atoms with Crippen molar-refractivity contribution in [1.82, 2.24) is 10.2 Å². The van der Waals surface area contributed by atoms with Crippen LogP contribution in [0.25, 0.3) is 6.08 Å². The number of urea groups is 1. The summed E-state index contributed by atoms with van der Waals surface area (Å²) in [6.07, 6.45) is 2.19. The maximum absolute atomic E-state index is 13.1. The molecule has 2 N–H and O–H groups in total. The lowest BCUT2D eigenvalue weighted by Crippen LogP contribution is -2.38. The lowest BCUT2D eigenvalue weighted by molar-refractivity contribution is -0.127. The third-order valence-corrected chi connectivity index (χ3v) is 6.43. The maximum Gasteiger partial charge on any atom is 0.329 e. The van der Waals surface area contributed by atoms with Gasteiger partial charge in [0.1, 0.15) is 24.7 Å². The second kappa shape index (κ2) is 11.6. The van der Waals surface area contributed by atoms with Crippen molar-refractivity contribution in [3.05, 3.63) is 98.4 Å². The van der Waals surface area contributed by atoms with Gasteiger partial charge in [-0.2, -0.15) is 0 Å². The van der Waals surface area contributed by atoms with E-state index in [1.165, 1.54) is 18.2 Å². The Kier molecular flexibility index (Phi) is 8.25. The lowest BCUT2D eigenvalue weighted by Gasteiger charge is -2.13. The Balaban J connectivity index is 1.44. The van der Waals surface area contributed by atoms with Gasteiger partial charge in [-0.25, -0.2) is 14.1 Å². The fraction of sp³-hybridized carbons (Fsp3) is 0.148. The quantitative estimate of drug-likeness (QED) is 0.254. The topological polar surface area (TPSA) is 87.7 Å². The molecule has 0 aliphatic carbocycles. The Labute approximate surface area is 226 Å². The second-order valence-corrected chi connectivity index (χ2v) is 9.43. The number of benzene rings is 3. The molecular weight excluding hydrogens is 565 g/mol. The maximum atomic E-state index is 13.1. The van der Waals surface area contributed by atoms with Crippen LogP contribution in [0.3, 0.4) is 0 Å². The number of carbonyl (C=O) groups excluding carboxylic acids is 3. The van der Waals surface area contributed by atoms with Crippen molar-refractivity contribution in [2.75, 3.05) is 11.9 Å². The van der Waals surface area contributed by atoms with Gasteiger partial charge in [0.2, 0.25) is 5.91 Å². The first-order chi connectivity index (χ1) is 17.7. The molecule has 0 bridgehead atoms. The van der Waals surface area contributed by atoms with Crippen LogP contribution in [0.4, 0.5) is 14.9 Å². The van der Waals surface area contributed by atoms with Crippen LogP contribution in [0.1, 0.15) is 23.6 Å². The zero-order valence-electron chi connectivity index (χ0n) is 19.7. The van der Waals surface area contributed by atoms with Crippen LogP contribution in [0.2, 0.25) is 5.02 Å². The number of imide groups is 1. The van der Waals surface area contributed by atoms with Gasteiger partial charge in [-0.1, -0.05) is 48.9 Å². The number of aryl methyl sites for hydroxylation is 1. The highest BCUT2D eigenvalue weighted by Gasteiger charge is 2.35. The third kappa shape index (κ3) is 6.36. The van der Waals surface area contributed by atoms with Crippen molar-refractivity contribution in [1.29, 1.82) is 0 Å². The van der Waals surface area contributed by atoms with Crippen molar-refractivity contribution in [3.63, 3.8) is 0 Å². The molecule has 7 nitrogen and oxygen atoms in total. The zero-order valence-corrected chi connectivity index (χ0v) is 22.0. The molecule has 0 radical (unpaired) electrons. The van der Waals surface area contributed by atoms with E-state index in [9.17, 15) is 18.8 Å². The smallest absolute Gasteiger partial charge is 0.329 e. The normalized spacial score (nSPS) is 14.2. The molecule has 190 valence electrons. The van der Waals surface area contributed by atoms with E-state index in [1.54, 1.807) is 36.4 Å². The second-order valence-electron chi connectivity index (χ2n) is 8.17. The number of hydrogen-bond donors (Lipinski definition) is 2. The van der Waals surface area contributed by atoms with Crippen LogP contribution >= 0.6 is 27.5 Å². The number of nitrogens with zero attached hydrogens (tertiary/aromatic N) is 1. The number of para-hydroxylation sites is 1. The molecule has 3 aromatic carbocycles. The SMILES string of the molecule is CCc1ccccc1NC(=O)CN1C(=O)N/C(=C/c2cc(Cl)c(OCc3ccc(F)cc3)c(Br)c2)C1=O. The minimum absolute atomic E-state index is 0.00899. The van der Waals surface area contributed by atoms with Crippen LogP contribution < -0.4 is 15.4 Å². The molecule has 1 saturated heterocycles. The van der Waals surface area contributed by atoms with Crippen molar-refractivity contribution in [2.24, 2.45) is 0 Å². The van der Waals surface area contributed by atoms with Crippen LogP contribution in [0.15, 0.2) is 70.8 Å². The van der Waals surface area contributed by atoms with Gasteiger partial charge in [0.05, 0.1) is 9.50 Å². The number of halogens is 3. The number of amides is 4. The van der Waals surface area contributed by atoms with E-state index in [-0.39, 0.29) is 23.1 Å². The molecule has 4 amide bonds. The van der Waals surface area contributed by atoms with Crippen LogP contribution in [0, 0.1) is 5.82 Å². The number of rotatable bonds is 8. The molecule has 1 heterocycles. The van der Waals surface area contributed by atoms with E-state index in [4.69, 9.17) is 16.3 Å². The molecule has 3 aromatic rings. The summed E-state index contributed by atoms with van der Waals surface area (Å²) in [4.78, 5) is 38.6. The predicted molar refractivity (Wildman–Crippen MR) is 143 cm³/mol. The molecule has 4 rings (SSSR count). The van der Waals surface area contributed by atoms with E-state index in [2.05, 4.69) is 26.6 Å². The molecule has 0 aromatic heterocycles. The monoisotopic (exact) mass is 585 g/mol. The Morgan fingerprint density at radius 2 is 1.89 bits per heavy atom. The Morgan fingerprint density at radius 1 is 1.16 bits per heavy atom. The minimum atomic E-state index is -0.695. The largest absolute Gasteiger partial charge is 0.486 e. The summed E-state index contributed by atoms with van der Waals surface area (Å²) >= 11 is 9.81. The predicted octanol–water partition coefficient (Wildman–Crippen LogP) is 5.91. The average Bonchev–Trinajstić information content (AvgIpc) is 3.12. The van der Waals surface area contributed by atoms with Crippen molar-refractivity contribution < 1.29 is 23.5 Å². The highest BCUT2D eigenvalue weighted by Crippen LogP contribution is 2.36. The van der Waals surface area contributed by atoms with Crippen LogP contribution in [0.5, 0.6) is 5.75 Å². The summed E-state index contributed by atoms with van der Waals surface area (Å²) in [6.45, 7) is 1.71. The van der Waals surface area contributed by atoms with E-state index in [0.717, 1.165) is 22.4 Å². The third-order valence-electron chi connectivity index (χ3n) is 5.56. The molecule has 0 saturated carbocycles. The van der Waals surface area contributed by atoms with Crippen LogP contribution in [-0.2, 0) is 22.6 Å². The van der Waals surface area contributed by atoms with Crippen molar-refractivity contribution in [3.8, 4) is 5.75 Å². The molecule has 37 heavy (non-hydrogen) atoms. The van der Waals surface area contributed by atoms with Crippen LogP contribution in [-0.4, -0.2) is 29.3 Å². The number of carbonyl (C=O) groups is 3. The highest BCUT2D eigenvalue weighted by atomic mass is 79.9. The average molecular weight is 587 g/mol. The minimum Gasteiger partial charge on any atom is -0.486 e. The van der Waals surface area contributed by atoms with Gasteiger partial charge in [0.25, 0.3) is 5.91 Å². The Bertz CT molecular complexity index is 1370. The molecule has 1 aliphatic rings. The molecule has 0 unspecified atom stereocenters. The van der Waals surface area contributed by atoms with Gasteiger partial charge < -0.3 is 15.4 Å². The number of anilines is 1. The summed E-state index contributed by atoms with van der Waals surface area (Å²) in [6, 6.07) is 15.8. The Morgan fingerprint density at radius 3 is 2.59 bits per heavy atom. The van der Waals surface area contributed by atoms with Gasteiger partial charge in [0, 0.05) is 5.69 Å². The van der Waals surface area contributed by atoms with Crippen molar-refractivity contribution >= 4 is 57.1 Å². The van der Waals surface area contributed by atoms with E-state index < -0.39 is 24.4 Å². The molecule has 0 spiro atoms. The number of nitrogens with one attached hydrogen (secondary N) is 2. The molecular formula is C27H22BrClFN3O4.